The van der Waals surface area contributed by atoms with E-state index in [2.05, 4.69) is 17.3 Å². The second kappa shape index (κ2) is 6.77. The van der Waals surface area contributed by atoms with Crippen LogP contribution in [0.1, 0.15) is 46.5 Å². The van der Waals surface area contributed by atoms with Gasteiger partial charge >= 0.3 is 0 Å². The highest BCUT2D eigenvalue weighted by molar-refractivity contribution is 5.97. The number of amides is 2. The lowest BCUT2D eigenvalue weighted by Crippen LogP contribution is -2.66. The summed E-state index contributed by atoms with van der Waals surface area (Å²) in [5, 5.41) is 2.90. The number of nitrogens with one attached hydrogen (secondary N) is 1. The summed E-state index contributed by atoms with van der Waals surface area (Å²) in [5.41, 5.74) is 0. The molecule has 5 nitrogen and oxygen atoms in total. The fourth-order valence-corrected chi connectivity index (χ4v) is 3.46. The smallest absolute Gasteiger partial charge is 0.246 e. The minimum absolute atomic E-state index is 0.00858. The zero-order valence-electron chi connectivity index (χ0n) is 13.8. The summed E-state index contributed by atoms with van der Waals surface area (Å²) in [6, 6.07) is -0.285. The van der Waals surface area contributed by atoms with E-state index in [0.717, 1.165) is 13.0 Å². The molecular formula is C16H29N3O2. The average Bonchev–Trinajstić information content (AvgIpc) is 2.44. The Morgan fingerprint density at radius 2 is 2.00 bits per heavy atom. The van der Waals surface area contributed by atoms with Crippen molar-refractivity contribution >= 4 is 11.8 Å². The minimum atomic E-state index is -0.366. The molecule has 0 saturated carbocycles. The quantitative estimate of drug-likeness (QED) is 0.849. The van der Waals surface area contributed by atoms with Crippen molar-refractivity contribution in [3.63, 3.8) is 0 Å². The Bertz CT molecular complexity index is 397. The first kappa shape index (κ1) is 16.3. The molecule has 1 N–H and O–H groups in total. The Labute approximate surface area is 128 Å². The van der Waals surface area contributed by atoms with Gasteiger partial charge < -0.3 is 15.1 Å². The van der Waals surface area contributed by atoms with E-state index in [-0.39, 0.29) is 29.8 Å². The molecule has 2 saturated heterocycles. The fraction of sp³-hybridized carbons (Fsp3) is 0.875. The average molecular weight is 295 g/mol. The van der Waals surface area contributed by atoms with Gasteiger partial charge in [0.15, 0.2) is 0 Å². The molecule has 0 radical (unpaired) electrons. The molecule has 2 rings (SSSR count). The predicted molar refractivity (Wildman–Crippen MR) is 82.8 cm³/mol. The minimum Gasteiger partial charge on any atom is -0.342 e. The summed E-state index contributed by atoms with van der Waals surface area (Å²) in [6.07, 6.45) is 4.24. The molecule has 0 aliphatic carbocycles. The Morgan fingerprint density at radius 3 is 2.57 bits per heavy atom. The topological polar surface area (TPSA) is 52.7 Å². The monoisotopic (exact) mass is 295 g/mol. The number of carbonyl (C=O) groups excluding carboxylic acids is 2. The van der Waals surface area contributed by atoms with Crippen LogP contribution in [0.15, 0.2) is 0 Å². The van der Waals surface area contributed by atoms with Gasteiger partial charge in [0.1, 0.15) is 12.1 Å². The Balaban J connectivity index is 2.15. The van der Waals surface area contributed by atoms with Crippen molar-refractivity contribution in [2.45, 2.75) is 64.6 Å². The lowest BCUT2D eigenvalue weighted by molar-refractivity contribution is -0.151. The van der Waals surface area contributed by atoms with E-state index >= 15 is 0 Å². The summed E-state index contributed by atoms with van der Waals surface area (Å²) < 4.78 is 0. The summed E-state index contributed by atoms with van der Waals surface area (Å²) in [6.45, 7) is 7.72. The molecule has 0 aromatic heterocycles. The van der Waals surface area contributed by atoms with Crippen LogP contribution in [-0.2, 0) is 9.59 Å². The van der Waals surface area contributed by atoms with Gasteiger partial charge in [-0.05, 0) is 38.8 Å². The molecule has 2 aliphatic heterocycles. The van der Waals surface area contributed by atoms with Crippen LogP contribution in [-0.4, -0.2) is 59.9 Å². The maximum absolute atomic E-state index is 12.8. The third-order valence-electron chi connectivity index (χ3n) is 4.91. The van der Waals surface area contributed by atoms with Gasteiger partial charge in [-0.15, -0.1) is 0 Å². The van der Waals surface area contributed by atoms with Gasteiger partial charge in [-0.1, -0.05) is 27.2 Å². The van der Waals surface area contributed by atoms with Gasteiger partial charge in [0, 0.05) is 12.6 Å². The fourth-order valence-electron chi connectivity index (χ4n) is 3.46. The van der Waals surface area contributed by atoms with E-state index in [1.807, 2.05) is 25.7 Å². The molecule has 3 atom stereocenters. The highest BCUT2D eigenvalue weighted by Crippen LogP contribution is 2.22. The molecule has 3 unspecified atom stereocenters. The van der Waals surface area contributed by atoms with Crippen LogP contribution >= 0.6 is 0 Å². The first-order valence-electron chi connectivity index (χ1n) is 8.26. The number of hydrogen-bond donors (Lipinski definition) is 1. The number of nitrogens with zero attached hydrogens (tertiary/aromatic N) is 2. The second-order valence-corrected chi connectivity index (χ2v) is 6.78. The van der Waals surface area contributed by atoms with Gasteiger partial charge in [-0.2, -0.15) is 0 Å². The first-order valence-corrected chi connectivity index (χ1v) is 8.26. The number of piperazine rings is 1. The van der Waals surface area contributed by atoms with E-state index in [1.54, 1.807) is 0 Å². The van der Waals surface area contributed by atoms with Gasteiger partial charge in [0.05, 0.1) is 0 Å². The first-order chi connectivity index (χ1) is 9.95. The van der Waals surface area contributed by atoms with Crippen LogP contribution < -0.4 is 5.32 Å². The molecule has 0 aromatic carbocycles. The maximum Gasteiger partial charge on any atom is 0.246 e. The largest absolute Gasteiger partial charge is 0.342 e. The van der Waals surface area contributed by atoms with Gasteiger partial charge in [0.2, 0.25) is 11.8 Å². The maximum atomic E-state index is 12.8. The number of piperidine rings is 1. The molecule has 0 aromatic rings. The van der Waals surface area contributed by atoms with E-state index in [9.17, 15) is 9.59 Å². The standard InChI is InChI=1S/C16H29N3O2/c1-5-13-15(20)17-14(11(2)3)16(21)19(13)10-12-8-6-7-9-18(12)4/h11-14H,5-10H2,1-4H3,(H,17,20). The Morgan fingerprint density at radius 1 is 1.29 bits per heavy atom. The highest BCUT2D eigenvalue weighted by Gasteiger charge is 2.41. The van der Waals surface area contributed by atoms with Crippen molar-refractivity contribution in [3.05, 3.63) is 0 Å². The number of likely N-dealkylation sites (tertiary alicyclic amines) is 1. The van der Waals surface area contributed by atoms with Gasteiger partial charge in [0.25, 0.3) is 0 Å². The zero-order chi connectivity index (χ0) is 15.6. The lowest BCUT2D eigenvalue weighted by Gasteiger charge is -2.43. The van der Waals surface area contributed by atoms with E-state index in [0.29, 0.717) is 19.0 Å². The van der Waals surface area contributed by atoms with E-state index in [4.69, 9.17) is 0 Å². The van der Waals surface area contributed by atoms with Crippen molar-refractivity contribution in [1.82, 2.24) is 15.1 Å². The normalized spacial score (nSPS) is 31.7. The molecule has 21 heavy (non-hydrogen) atoms. The third-order valence-corrected chi connectivity index (χ3v) is 4.91. The molecule has 0 spiro atoms. The second-order valence-electron chi connectivity index (χ2n) is 6.78. The number of hydrogen-bond acceptors (Lipinski definition) is 3. The molecule has 2 amide bonds. The molecule has 120 valence electrons. The lowest BCUT2D eigenvalue weighted by atomic mass is 9.95. The molecule has 2 aliphatic rings. The molecule has 2 fully saturated rings. The van der Waals surface area contributed by atoms with Gasteiger partial charge in [-0.25, -0.2) is 0 Å². The predicted octanol–water partition coefficient (Wildman–Crippen LogP) is 1.23. The number of carbonyl (C=O) groups is 2. The zero-order valence-corrected chi connectivity index (χ0v) is 13.8. The number of rotatable bonds is 4. The summed E-state index contributed by atoms with van der Waals surface area (Å²) >= 11 is 0. The van der Waals surface area contributed by atoms with Crippen molar-refractivity contribution in [2.24, 2.45) is 5.92 Å². The number of likely N-dealkylation sites (N-methyl/N-ethyl adjacent to an activating group) is 1. The molecular weight excluding hydrogens is 266 g/mol. The van der Waals surface area contributed by atoms with E-state index in [1.165, 1.54) is 12.8 Å². The van der Waals surface area contributed by atoms with Crippen molar-refractivity contribution in [1.29, 1.82) is 0 Å². The van der Waals surface area contributed by atoms with Crippen LogP contribution in [0.2, 0.25) is 0 Å². The van der Waals surface area contributed by atoms with Crippen LogP contribution in [0.4, 0.5) is 0 Å². The van der Waals surface area contributed by atoms with Crippen LogP contribution in [0.5, 0.6) is 0 Å². The van der Waals surface area contributed by atoms with Crippen molar-refractivity contribution in [2.75, 3.05) is 20.1 Å². The van der Waals surface area contributed by atoms with Crippen LogP contribution in [0.3, 0.4) is 0 Å². The summed E-state index contributed by atoms with van der Waals surface area (Å²) in [7, 11) is 2.12. The molecule has 0 bridgehead atoms. The SMILES string of the molecule is CCC1C(=O)NC(C(C)C)C(=O)N1CC1CCCCN1C. The van der Waals surface area contributed by atoms with Crippen molar-refractivity contribution in [3.8, 4) is 0 Å². The van der Waals surface area contributed by atoms with Crippen molar-refractivity contribution < 1.29 is 9.59 Å². The molecule has 2 heterocycles. The highest BCUT2D eigenvalue weighted by atomic mass is 16.2. The van der Waals surface area contributed by atoms with E-state index < -0.39 is 0 Å². The van der Waals surface area contributed by atoms with Crippen LogP contribution in [0, 0.1) is 5.92 Å². The summed E-state index contributed by atoms with van der Waals surface area (Å²) in [4.78, 5) is 29.2. The third kappa shape index (κ3) is 3.39. The Kier molecular flexibility index (Phi) is 5.25. The van der Waals surface area contributed by atoms with Gasteiger partial charge in [-0.3, -0.25) is 9.59 Å². The molecule has 5 heteroatoms. The summed E-state index contributed by atoms with van der Waals surface area (Å²) in [5.74, 6) is 0.232. The Hall–Kier alpha value is -1.10. The van der Waals surface area contributed by atoms with Crippen LogP contribution in [0.25, 0.3) is 0 Å².